The van der Waals surface area contributed by atoms with Crippen LogP contribution in [0, 0.1) is 11.7 Å². The van der Waals surface area contributed by atoms with Gasteiger partial charge < -0.3 is 5.32 Å². The highest BCUT2D eigenvalue weighted by Gasteiger charge is 2.31. The van der Waals surface area contributed by atoms with Gasteiger partial charge in [-0.25, -0.2) is 17.1 Å². The average molecular weight is 445 g/mol. The Labute approximate surface area is 173 Å². The van der Waals surface area contributed by atoms with Gasteiger partial charge in [-0.15, -0.1) is 0 Å². The minimum Gasteiger partial charge on any atom is -0.326 e. The van der Waals surface area contributed by atoms with Crippen molar-refractivity contribution in [3.8, 4) is 0 Å². The first-order chi connectivity index (χ1) is 13.2. The number of nitrogens with one attached hydrogen (secondary N) is 1. The third-order valence-corrected chi connectivity index (χ3v) is 7.08. The second-order valence-electron chi connectivity index (χ2n) is 6.66. The molecule has 1 heterocycles. The number of hydrogen-bond acceptors (Lipinski definition) is 3. The van der Waals surface area contributed by atoms with Gasteiger partial charge in [-0.05, 0) is 48.7 Å². The van der Waals surface area contributed by atoms with E-state index in [4.69, 9.17) is 23.2 Å². The standard InChI is InChI=1S/C19H19Cl2FN2O3S/c20-15-5-4-14(18(21)10-15)12-28(26,27)24-8-6-13(7-9-24)19(25)23-17-3-1-2-16(22)11-17/h1-5,10-11,13H,6-9,12H2,(H,23,25). The summed E-state index contributed by atoms with van der Waals surface area (Å²) in [6.07, 6.45) is 0.795. The molecule has 0 radical (unpaired) electrons. The summed E-state index contributed by atoms with van der Waals surface area (Å²) in [4.78, 5) is 12.4. The minimum absolute atomic E-state index is 0.219. The van der Waals surface area contributed by atoms with Crippen molar-refractivity contribution in [1.82, 2.24) is 4.31 Å². The molecule has 0 saturated carbocycles. The van der Waals surface area contributed by atoms with E-state index in [1.165, 1.54) is 28.6 Å². The Balaban J connectivity index is 1.58. The van der Waals surface area contributed by atoms with E-state index < -0.39 is 15.8 Å². The molecule has 1 amide bonds. The van der Waals surface area contributed by atoms with Crippen LogP contribution in [0.5, 0.6) is 0 Å². The molecule has 2 aromatic rings. The van der Waals surface area contributed by atoms with Crippen molar-refractivity contribution in [3.63, 3.8) is 0 Å². The number of anilines is 1. The molecule has 1 N–H and O–H groups in total. The molecule has 5 nitrogen and oxygen atoms in total. The highest BCUT2D eigenvalue weighted by molar-refractivity contribution is 7.88. The summed E-state index contributed by atoms with van der Waals surface area (Å²) in [6.45, 7) is 0.490. The lowest BCUT2D eigenvalue weighted by Gasteiger charge is -2.30. The number of sulfonamides is 1. The van der Waals surface area contributed by atoms with Gasteiger partial charge in [0, 0.05) is 34.7 Å². The van der Waals surface area contributed by atoms with E-state index in [0.717, 1.165) is 0 Å². The van der Waals surface area contributed by atoms with Crippen LogP contribution in [0.1, 0.15) is 18.4 Å². The van der Waals surface area contributed by atoms with Crippen molar-refractivity contribution < 1.29 is 17.6 Å². The molecule has 150 valence electrons. The van der Waals surface area contributed by atoms with E-state index in [1.807, 2.05) is 0 Å². The molecule has 1 fully saturated rings. The summed E-state index contributed by atoms with van der Waals surface area (Å²) in [5, 5.41) is 3.43. The average Bonchev–Trinajstić information content (AvgIpc) is 2.64. The predicted octanol–water partition coefficient (Wildman–Crippen LogP) is 4.31. The molecule has 9 heteroatoms. The molecule has 1 aliphatic rings. The molecule has 0 aromatic heterocycles. The molecule has 1 aliphatic heterocycles. The smallest absolute Gasteiger partial charge is 0.227 e. The van der Waals surface area contributed by atoms with Gasteiger partial charge in [0.25, 0.3) is 0 Å². The molecule has 0 bridgehead atoms. The van der Waals surface area contributed by atoms with E-state index in [9.17, 15) is 17.6 Å². The van der Waals surface area contributed by atoms with Gasteiger partial charge in [0.05, 0.1) is 5.75 Å². The zero-order chi connectivity index (χ0) is 20.3. The Morgan fingerprint density at radius 1 is 1.14 bits per heavy atom. The van der Waals surface area contributed by atoms with Gasteiger partial charge in [0.2, 0.25) is 15.9 Å². The molecule has 3 rings (SSSR count). The van der Waals surface area contributed by atoms with Gasteiger partial charge in [0.1, 0.15) is 5.82 Å². The quantitative estimate of drug-likeness (QED) is 0.746. The van der Waals surface area contributed by atoms with E-state index in [0.29, 0.717) is 34.1 Å². The fourth-order valence-electron chi connectivity index (χ4n) is 3.13. The zero-order valence-electron chi connectivity index (χ0n) is 14.9. The van der Waals surface area contributed by atoms with Crippen molar-refractivity contribution in [2.75, 3.05) is 18.4 Å². The fraction of sp³-hybridized carbons (Fsp3) is 0.316. The Kier molecular flexibility index (Phi) is 6.60. The highest BCUT2D eigenvalue weighted by Crippen LogP contribution is 2.26. The van der Waals surface area contributed by atoms with E-state index in [-0.39, 0.29) is 30.7 Å². The molecule has 1 saturated heterocycles. The van der Waals surface area contributed by atoms with Crippen LogP contribution in [0.2, 0.25) is 10.0 Å². The van der Waals surface area contributed by atoms with Gasteiger partial charge in [-0.2, -0.15) is 0 Å². The summed E-state index contributed by atoms with van der Waals surface area (Å²) >= 11 is 11.9. The summed E-state index contributed by atoms with van der Waals surface area (Å²) in [6, 6.07) is 10.4. The van der Waals surface area contributed by atoms with Crippen LogP contribution in [0.3, 0.4) is 0 Å². The van der Waals surface area contributed by atoms with Crippen molar-refractivity contribution in [3.05, 3.63) is 63.9 Å². The predicted molar refractivity (Wildman–Crippen MR) is 108 cm³/mol. The van der Waals surface area contributed by atoms with Crippen molar-refractivity contribution in [2.24, 2.45) is 5.92 Å². The molecule has 0 aliphatic carbocycles. The topological polar surface area (TPSA) is 66.5 Å². The molecular formula is C19H19Cl2FN2O3S. The number of hydrogen-bond donors (Lipinski definition) is 1. The Morgan fingerprint density at radius 3 is 2.50 bits per heavy atom. The van der Waals surface area contributed by atoms with E-state index >= 15 is 0 Å². The lowest BCUT2D eigenvalue weighted by Crippen LogP contribution is -2.41. The van der Waals surface area contributed by atoms with Crippen LogP contribution in [-0.2, 0) is 20.6 Å². The number of rotatable bonds is 5. The normalized spacial score (nSPS) is 16.1. The van der Waals surface area contributed by atoms with Gasteiger partial charge in [-0.3, -0.25) is 4.79 Å². The van der Waals surface area contributed by atoms with Crippen molar-refractivity contribution in [1.29, 1.82) is 0 Å². The monoisotopic (exact) mass is 444 g/mol. The summed E-state index contributed by atoms with van der Waals surface area (Å²) in [5.41, 5.74) is 0.870. The molecular weight excluding hydrogens is 426 g/mol. The molecule has 28 heavy (non-hydrogen) atoms. The number of piperidine rings is 1. The Hall–Kier alpha value is -1.67. The van der Waals surface area contributed by atoms with Gasteiger partial charge in [-0.1, -0.05) is 35.3 Å². The summed E-state index contributed by atoms with van der Waals surface area (Å²) < 4.78 is 40.0. The number of carbonyl (C=O) groups is 1. The lowest BCUT2D eigenvalue weighted by molar-refractivity contribution is -0.120. The van der Waals surface area contributed by atoms with Gasteiger partial charge in [0.15, 0.2) is 0 Å². The third-order valence-electron chi connectivity index (χ3n) is 4.66. The first-order valence-corrected chi connectivity index (χ1v) is 11.1. The van der Waals surface area contributed by atoms with Gasteiger partial charge >= 0.3 is 0 Å². The number of nitrogens with zero attached hydrogens (tertiary/aromatic N) is 1. The van der Waals surface area contributed by atoms with Crippen LogP contribution in [0.15, 0.2) is 42.5 Å². The summed E-state index contributed by atoms with van der Waals surface area (Å²) in [5.74, 6) is -1.21. The number of halogens is 3. The maximum atomic E-state index is 13.2. The van der Waals surface area contributed by atoms with Crippen molar-refractivity contribution in [2.45, 2.75) is 18.6 Å². The fourth-order valence-corrected chi connectivity index (χ4v) is 5.28. The molecule has 0 atom stereocenters. The van der Waals surface area contributed by atoms with Crippen LogP contribution >= 0.6 is 23.2 Å². The van der Waals surface area contributed by atoms with Crippen LogP contribution in [-0.4, -0.2) is 31.7 Å². The second kappa shape index (κ2) is 8.78. The number of benzene rings is 2. The maximum Gasteiger partial charge on any atom is 0.227 e. The highest BCUT2D eigenvalue weighted by atomic mass is 35.5. The van der Waals surface area contributed by atoms with Crippen LogP contribution in [0.4, 0.5) is 10.1 Å². The third kappa shape index (κ3) is 5.23. The second-order valence-corrected chi connectivity index (χ2v) is 9.48. The molecule has 0 spiro atoms. The van der Waals surface area contributed by atoms with Crippen LogP contribution in [0.25, 0.3) is 0 Å². The lowest BCUT2D eigenvalue weighted by atomic mass is 9.97. The molecule has 2 aromatic carbocycles. The van der Waals surface area contributed by atoms with E-state index in [2.05, 4.69) is 5.32 Å². The first-order valence-electron chi connectivity index (χ1n) is 8.73. The Bertz CT molecular complexity index is 977. The maximum absolute atomic E-state index is 13.2. The largest absolute Gasteiger partial charge is 0.326 e. The number of amides is 1. The van der Waals surface area contributed by atoms with E-state index in [1.54, 1.807) is 18.2 Å². The van der Waals surface area contributed by atoms with Crippen molar-refractivity contribution >= 4 is 44.8 Å². The Morgan fingerprint density at radius 2 is 1.86 bits per heavy atom. The first kappa shape index (κ1) is 21.0. The minimum atomic E-state index is -3.56. The SMILES string of the molecule is O=C(Nc1cccc(F)c1)C1CCN(S(=O)(=O)Cc2ccc(Cl)cc2Cl)CC1. The number of carbonyl (C=O) groups excluding carboxylic acids is 1. The summed E-state index contributed by atoms with van der Waals surface area (Å²) in [7, 11) is -3.56. The molecule has 0 unspecified atom stereocenters. The van der Waals surface area contributed by atoms with Crippen LogP contribution < -0.4 is 5.32 Å². The zero-order valence-corrected chi connectivity index (χ0v) is 17.2.